The van der Waals surface area contributed by atoms with Crippen molar-refractivity contribution in [3.8, 4) is 6.07 Å². The van der Waals surface area contributed by atoms with E-state index in [1.165, 1.54) is 0 Å². The summed E-state index contributed by atoms with van der Waals surface area (Å²) in [4.78, 5) is 3.45. The summed E-state index contributed by atoms with van der Waals surface area (Å²) in [5.41, 5.74) is 0.0292. The second kappa shape index (κ2) is 3.59. The number of nitrogens with zero attached hydrogens (tertiary/aromatic N) is 2. The number of nitrogens with one attached hydrogen (secondary N) is 1. The summed E-state index contributed by atoms with van der Waals surface area (Å²) in [6, 6.07) is 2.58. The van der Waals surface area contributed by atoms with Gasteiger partial charge in [-0.1, -0.05) is 0 Å². The Balaban J connectivity index is 3.09. The van der Waals surface area contributed by atoms with Gasteiger partial charge in [-0.25, -0.2) is 17.8 Å². The molecule has 5 nitrogen and oxygen atoms in total. The van der Waals surface area contributed by atoms with E-state index in [-0.39, 0.29) is 5.56 Å². The highest BCUT2D eigenvalue weighted by atomic mass is 32.2. The molecule has 1 aromatic rings. The number of hydrogen-bond donors (Lipinski definition) is 1. The van der Waals surface area contributed by atoms with Crippen LogP contribution >= 0.6 is 0 Å². The molecule has 0 aliphatic rings. The Hall–Kier alpha value is -1.68. The van der Waals surface area contributed by atoms with Crippen LogP contribution in [0.15, 0.2) is 12.3 Å². The lowest BCUT2D eigenvalue weighted by Gasteiger charge is -2.03. The maximum Gasteiger partial charge on any atom is 0.231 e. The van der Waals surface area contributed by atoms with Gasteiger partial charge < -0.3 is 0 Å². The molecule has 0 bridgehead atoms. The largest absolute Gasteiger partial charge is 0.265 e. The molecule has 0 aliphatic heterocycles. The first-order valence-corrected chi connectivity index (χ1v) is 5.35. The SMILES string of the molecule is CS(=O)(=O)Nc1ncc(C#N)cc1F. The van der Waals surface area contributed by atoms with Gasteiger partial charge in [0.1, 0.15) is 6.07 Å². The summed E-state index contributed by atoms with van der Waals surface area (Å²) in [6.07, 6.45) is 1.96. The van der Waals surface area contributed by atoms with E-state index in [2.05, 4.69) is 4.98 Å². The minimum atomic E-state index is -3.55. The van der Waals surface area contributed by atoms with Gasteiger partial charge in [0.2, 0.25) is 10.0 Å². The van der Waals surface area contributed by atoms with Crippen molar-refractivity contribution < 1.29 is 12.8 Å². The summed E-state index contributed by atoms with van der Waals surface area (Å²) in [6.45, 7) is 0. The zero-order valence-electron chi connectivity index (χ0n) is 7.15. The van der Waals surface area contributed by atoms with Crippen LogP contribution in [0.3, 0.4) is 0 Å². The predicted molar refractivity (Wildman–Crippen MR) is 47.4 cm³/mol. The van der Waals surface area contributed by atoms with Crippen LogP contribution in [0.1, 0.15) is 5.56 Å². The highest BCUT2D eigenvalue weighted by Gasteiger charge is 2.09. The zero-order chi connectivity index (χ0) is 10.8. The monoisotopic (exact) mass is 215 g/mol. The molecule has 7 heteroatoms. The van der Waals surface area contributed by atoms with Crippen molar-refractivity contribution in [3.05, 3.63) is 23.6 Å². The lowest BCUT2D eigenvalue weighted by Crippen LogP contribution is -2.12. The van der Waals surface area contributed by atoms with Gasteiger partial charge in [-0.15, -0.1) is 0 Å². The van der Waals surface area contributed by atoms with Crippen molar-refractivity contribution in [3.63, 3.8) is 0 Å². The number of aromatic nitrogens is 1. The topological polar surface area (TPSA) is 82.8 Å². The number of hydrogen-bond acceptors (Lipinski definition) is 4. The molecular formula is C7H6FN3O2S. The van der Waals surface area contributed by atoms with Crippen molar-refractivity contribution >= 4 is 15.8 Å². The van der Waals surface area contributed by atoms with Crippen LogP contribution in [-0.4, -0.2) is 19.7 Å². The number of pyridine rings is 1. The van der Waals surface area contributed by atoms with Crippen LogP contribution < -0.4 is 4.72 Å². The Morgan fingerprint density at radius 2 is 2.29 bits per heavy atom. The van der Waals surface area contributed by atoms with E-state index in [9.17, 15) is 12.8 Å². The highest BCUT2D eigenvalue weighted by molar-refractivity contribution is 7.92. The normalized spacial score (nSPS) is 10.6. The Morgan fingerprint density at radius 1 is 1.64 bits per heavy atom. The molecule has 0 amide bonds. The van der Waals surface area contributed by atoms with Crippen LogP contribution in [0.2, 0.25) is 0 Å². The molecule has 0 aromatic carbocycles. The van der Waals surface area contributed by atoms with Crippen LogP contribution in [0, 0.1) is 17.1 Å². The first kappa shape index (κ1) is 10.4. The molecule has 74 valence electrons. The van der Waals surface area contributed by atoms with Crippen molar-refractivity contribution in [2.24, 2.45) is 0 Å². The van der Waals surface area contributed by atoms with Crippen LogP contribution in [0.4, 0.5) is 10.2 Å². The van der Waals surface area contributed by atoms with E-state index in [0.717, 1.165) is 18.5 Å². The maximum atomic E-state index is 13.0. The van der Waals surface area contributed by atoms with Gasteiger partial charge >= 0.3 is 0 Å². The summed E-state index contributed by atoms with van der Waals surface area (Å²) in [5, 5.41) is 8.39. The smallest absolute Gasteiger partial charge is 0.231 e. The van der Waals surface area contributed by atoms with Crippen molar-refractivity contribution in [2.45, 2.75) is 0 Å². The van der Waals surface area contributed by atoms with E-state index in [0.29, 0.717) is 0 Å². The molecule has 14 heavy (non-hydrogen) atoms. The molecule has 0 spiro atoms. The van der Waals surface area contributed by atoms with Crippen molar-refractivity contribution in [1.29, 1.82) is 5.26 Å². The lowest BCUT2D eigenvalue weighted by molar-refractivity contribution is 0.602. The standard InChI is InChI=1S/C7H6FN3O2S/c1-14(12,13)11-7-6(8)2-5(3-9)4-10-7/h2,4H,1H3,(H,10,11). The van der Waals surface area contributed by atoms with Gasteiger partial charge in [-0.05, 0) is 6.07 Å². The van der Waals surface area contributed by atoms with E-state index in [1.54, 1.807) is 6.07 Å². The molecule has 0 saturated heterocycles. The minimum absolute atomic E-state index is 0.0292. The van der Waals surface area contributed by atoms with E-state index < -0.39 is 21.7 Å². The average Bonchev–Trinajstić information content (AvgIpc) is 2.06. The average molecular weight is 215 g/mol. The second-order valence-corrected chi connectivity index (χ2v) is 4.29. The van der Waals surface area contributed by atoms with Gasteiger partial charge in [0.05, 0.1) is 11.8 Å². The predicted octanol–water partition coefficient (Wildman–Crippen LogP) is 0.464. The van der Waals surface area contributed by atoms with E-state index in [4.69, 9.17) is 5.26 Å². The number of halogens is 1. The Morgan fingerprint density at radius 3 is 2.71 bits per heavy atom. The molecule has 0 unspecified atom stereocenters. The number of sulfonamides is 1. The van der Waals surface area contributed by atoms with Crippen LogP contribution in [0.5, 0.6) is 0 Å². The fourth-order valence-corrected chi connectivity index (χ4v) is 1.25. The molecule has 0 aliphatic carbocycles. The molecule has 1 aromatic heterocycles. The van der Waals surface area contributed by atoms with Gasteiger partial charge in [0.25, 0.3) is 0 Å². The van der Waals surface area contributed by atoms with Gasteiger partial charge in [0.15, 0.2) is 11.6 Å². The minimum Gasteiger partial charge on any atom is -0.265 e. The summed E-state index contributed by atoms with van der Waals surface area (Å²) < 4.78 is 36.4. The van der Waals surface area contributed by atoms with E-state index >= 15 is 0 Å². The van der Waals surface area contributed by atoms with Gasteiger partial charge in [0, 0.05) is 6.20 Å². The molecule has 0 fully saturated rings. The van der Waals surface area contributed by atoms with Crippen molar-refractivity contribution in [2.75, 3.05) is 11.0 Å². The Kier molecular flexibility index (Phi) is 2.67. The fourth-order valence-electron chi connectivity index (χ4n) is 0.750. The summed E-state index contributed by atoms with van der Waals surface area (Å²) >= 11 is 0. The van der Waals surface area contributed by atoms with Crippen LogP contribution in [-0.2, 0) is 10.0 Å². The van der Waals surface area contributed by atoms with Gasteiger partial charge in [-0.3, -0.25) is 4.72 Å². The molecule has 0 radical (unpaired) electrons. The fraction of sp³-hybridized carbons (Fsp3) is 0.143. The number of anilines is 1. The molecule has 0 atom stereocenters. The number of nitriles is 1. The van der Waals surface area contributed by atoms with E-state index in [1.807, 2.05) is 4.72 Å². The van der Waals surface area contributed by atoms with Crippen molar-refractivity contribution in [1.82, 2.24) is 4.98 Å². The third-order valence-corrected chi connectivity index (χ3v) is 1.82. The summed E-state index contributed by atoms with van der Waals surface area (Å²) in [5.74, 6) is -1.29. The first-order valence-electron chi connectivity index (χ1n) is 3.46. The lowest BCUT2D eigenvalue weighted by atomic mass is 10.3. The molecule has 1 rings (SSSR count). The first-order chi connectivity index (χ1) is 6.42. The van der Waals surface area contributed by atoms with Gasteiger partial charge in [-0.2, -0.15) is 5.26 Å². The third kappa shape index (κ3) is 2.67. The third-order valence-electron chi connectivity index (χ3n) is 1.25. The molecule has 0 saturated carbocycles. The zero-order valence-corrected chi connectivity index (χ0v) is 7.97. The van der Waals surface area contributed by atoms with Crippen LogP contribution in [0.25, 0.3) is 0 Å². The molecular weight excluding hydrogens is 209 g/mol. The maximum absolute atomic E-state index is 13.0. The Bertz CT molecular complexity index is 492. The quantitative estimate of drug-likeness (QED) is 0.777. The highest BCUT2D eigenvalue weighted by Crippen LogP contribution is 2.12. The molecule has 1 heterocycles. The molecule has 1 N–H and O–H groups in total. The second-order valence-electron chi connectivity index (χ2n) is 2.54. The Labute approximate surface area is 80.2 Å². The number of rotatable bonds is 2. The summed E-state index contributed by atoms with van der Waals surface area (Å²) in [7, 11) is -3.55.